The van der Waals surface area contributed by atoms with Gasteiger partial charge in [0.15, 0.2) is 11.6 Å². The first-order chi connectivity index (χ1) is 27.8. The minimum absolute atomic E-state index is 0.547. The molecule has 56 heavy (non-hydrogen) atoms. The van der Waals surface area contributed by atoms with Gasteiger partial charge in [-0.3, -0.25) is 9.55 Å². The van der Waals surface area contributed by atoms with Crippen LogP contribution in [0.2, 0.25) is 0 Å². The molecule has 0 unspecified atom stereocenters. The van der Waals surface area contributed by atoms with Crippen molar-refractivity contribution in [2.75, 3.05) is 0 Å². The summed E-state index contributed by atoms with van der Waals surface area (Å²) in [5.41, 5.74) is 11.4. The number of rotatable bonds is 6. The van der Waals surface area contributed by atoms with E-state index in [4.69, 9.17) is 19.9 Å². The second kappa shape index (κ2) is 13.0. The number of benzene rings is 7. The van der Waals surface area contributed by atoms with E-state index in [-0.39, 0.29) is 0 Å². The zero-order valence-electron chi connectivity index (χ0n) is 30.2. The summed E-state index contributed by atoms with van der Waals surface area (Å²) in [5, 5.41) is 4.49. The molecule has 0 atom stereocenters. The van der Waals surface area contributed by atoms with Crippen molar-refractivity contribution < 1.29 is 0 Å². The number of aromatic nitrogens is 6. The van der Waals surface area contributed by atoms with Crippen LogP contribution in [0.1, 0.15) is 0 Å². The lowest BCUT2D eigenvalue weighted by Gasteiger charge is -2.13. The van der Waals surface area contributed by atoms with E-state index in [2.05, 4.69) is 149 Å². The summed E-state index contributed by atoms with van der Waals surface area (Å²) >= 11 is 0. The maximum absolute atomic E-state index is 5.29. The van der Waals surface area contributed by atoms with Gasteiger partial charge >= 0.3 is 0 Å². The Morgan fingerprint density at radius 2 is 0.839 bits per heavy atom. The molecule has 4 heterocycles. The third-order valence-electron chi connectivity index (χ3n) is 10.6. The maximum atomic E-state index is 5.29. The van der Waals surface area contributed by atoms with Crippen LogP contribution in [0.4, 0.5) is 0 Å². The lowest BCUT2D eigenvalue weighted by Crippen LogP contribution is -2.07. The average molecular weight is 717 g/mol. The van der Waals surface area contributed by atoms with Gasteiger partial charge in [-0.25, -0.2) is 4.98 Å². The van der Waals surface area contributed by atoms with Crippen LogP contribution < -0.4 is 0 Å². The zero-order chi connectivity index (χ0) is 37.0. The number of nitrogens with zero attached hydrogens (tertiary/aromatic N) is 6. The summed E-state index contributed by atoms with van der Waals surface area (Å²) in [6, 6.07) is 65.5. The molecule has 0 aliphatic rings. The molecule has 0 bridgehead atoms. The molecule has 11 aromatic rings. The molecule has 0 spiro atoms. The van der Waals surface area contributed by atoms with E-state index in [1.54, 1.807) is 0 Å². The normalized spacial score (nSPS) is 11.6. The van der Waals surface area contributed by atoms with Crippen molar-refractivity contribution in [1.82, 2.24) is 29.1 Å². The number of para-hydroxylation sites is 1. The van der Waals surface area contributed by atoms with Crippen LogP contribution in [0.3, 0.4) is 0 Å². The van der Waals surface area contributed by atoms with Gasteiger partial charge in [-0.1, -0.05) is 140 Å². The lowest BCUT2D eigenvalue weighted by atomic mass is 10.0. The Hall–Kier alpha value is -7.70. The molecule has 0 saturated carbocycles. The highest BCUT2D eigenvalue weighted by molar-refractivity contribution is 6.24. The molecule has 0 amide bonds. The molecule has 11 rings (SSSR count). The summed E-state index contributed by atoms with van der Waals surface area (Å²) in [4.78, 5) is 20.3. The molecule has 0 aliphatic heterocycles. The zero-order valence-corrected chi connectivity index (χ0v) is 30.2. The van der Waals surface area contributed by atoms with Crippen LogP contribution in [0, 0.1) is 0 Å². The topological polar surface area (TPSA) is 61.4 Å². The summed E-state index contributed by atoms with van der Waals surface area (Å²) in [5.74, 6) is 1.77. The van der Waals surface area contributed by atoms with Gasteiger partial charge in [-0.2, -0.15) is 9.97 Å². The summed E-state index contributed by atoms with van der Waals surface area (Å²) in [6.45, 7) is 0. The molecule has 4 aromatic heterocycles. The van der Waals surface area contributed by atoms with Gasteiger partial charge < -0.3 is 4.57 Å². The van der Waals surface area contributed by atoms with Crippen LogP contribution in [0.5, 0.6) is 0 Å². The van der Waals surface area contributed by atoms with E-state index in [0.717, 1.165) is 66.3 Å². The van der Waals surface area contributed by atoms with Crippen molar-refractivity contribution in [1.29, 1.82) is 0 Å². The Balaban J connectivity index is 1.31. The van der Waals surface area contributed by atoms with E-state index in [9.17, 15) is 0 Å². The van der Waals surface area contributed by atoms with Crippen LogP contribution in [-0.4, -0.2) is 29.1 Å². The highest BCUT2D eigenvalue weighted by Crippen LogP contribution is 2.43. The van der Waals surface area contributed by atoms with Gasteiger partial charge in [0.1, 0.15) is 0 Å². The van der Waals surface area contributed by atoms with E-state index in [0.29, 0.717) is 17.6 Å². The third-order valence-corrected chi connectivity index (χ3v) is 10.6. The predicted molar refractivity (Wildman–Crippen MR) is 228 cm³/mol. The largest absolute Gasteiger partial charge is 0.307 e. The lowest BCUT2D eigenvalue weighted by molar-refractivity contribution is 0.953. The molecule has 6 nitrogen and oxygen atoms in total. The summed E-state index contributed by atoms with van der Waals surface area (Å²) in [7, 11) is 0. The van der Waals surface area contributed by atoms with Gasteiger partial charge in [0, 0.05) is 50.1 Å². The van der Waals surface area contributed by atoms with Crippen molar-refractivity contribution >= 4 is 43.6 Å². The van der Waals surface area contributed by atoms with Gasteiger partial charge in [0.05, 0.1) is 27.8 Å². The minimum Gasteiger partial charge on any atom is -0.307 e. The number of hydrogen-bond donors (Lipinski definition) is 0. The van der Waals surface area contributed by atoms with E-state index in [1.807, 2.05) is 54.7 Å². The molecule has 0 fully saturated rings. The molecule has 0 saturated heterocycles. The highest BCUT2D eigenvalue weighted by Gasteiger charge is 2.24. The van der Waals surface area contributed by atoms with Crippen molar-refractivity contribution in [3.63, 3.8) is 0 Å². The molecule has 262 valence electrons. The summed E-state index contributed by atoms with van der Waals surface area (Å²) in [6.07, 6.45) is 1.84. The number of fused-ring (bicyclic) bond motifs is 7. The average Bonchev–Trinajstić information content (AvgIpc) is 3.80. The Bertz CT molecular complexity index is 3150. The summed E-state index contributed by atoms with van der Waals surface area (Å²) < 4.78 is 4.64. The molecule has 0 radical (unpaired) electrons. The van der Waals surface area contributed by atoms with E-state index >= 15 is 0 Å². The molecule has 7 aromatic carbocycles. The van der Waals surface area contributed by atoms with Crippen LogP contribution in [-0.2, 0) is 0 Å². The standard InChI is InChI=1S/C50H32N6/c1-5-15-33(16-6-1)36-24-28-44-41(31-36)39-26-27-40-42-32-37(43-23-13-14-30-51-43)25-29-45(42)56(47(40)46(39)55(44)38-21-11-4-12-22-38)50-53-48(34-17-7-2-8-18-34)52-49(54-50)35-19-9-3-10-20-35/h1-32H. The quantitative estimate of drug-likeness (QED) is 0.172. The van der Waals surface area contributed by atoms with Crippen molar-refractivity contribution in [2.45, 2.75) is 0 Å². The minimum atomic E-state index is 0.547. The predicted octanol–water partition coefficient (Wildman–Crippen LogP) is 12.1. The monoisotopic (exact) mass is 716 g/mol. The van der Waals surface area contributed by atoms with Gasteiger partial charge in [-0.15, -0.1) is 0 Å². The van der Waals surface area contributed by atoms with Crippen molar-refractivity contribution in [3.8, 4) is 56.8 Å². The third kappa shape index (κ3) is 5.19. The van der Waals surface area contributed by atoms with Gasteiger partial charge in [-0.05, 0) is 59.7 Å². The van der Waals surface area contributed by atoms with E-state index < -0.39 is 0 Å². The van der Waals surface area contributed by atoms with Crippen LogP contribution >= 0.6 is 0 Å². The Morgan fingerprint density at radius 1 is 0.339 bits per heavy atom. The SMILES string of the molecule is c1ccc(-c2ccc3c(c2)c2ccc4c5cc(-c6ccccn6)ccc5n(-c5nc(-c6ccccc6)nc(-c6ccccc6)n5)c4c2n3-c2ccccc2)cc1. The fraction of sp³-hybridized carbons (Fsp3) is 0. The molecule has 0 aliphatic carbocycles. The van der Waals surface area contributed by atoms with E-state index in [1.165, 1.54) is 16.5 Å². The first-order valence-electron chi connectivity index (χ1n) is 18.7. The highest BCUT2D eigenvalue weighted by atomic mass is 15.2. The number of hydrogen-bond acceptors (Lipinski definition) is 4. The number of pyridine rings is 1. The van der Waals surface area contributed by atoms with Crippen LogP contribution in [0.25, 0.3) is 100 Å². The first-order valence-corrected chi connectivity index (χ1v) is 18.7. The molecule has 6 heteroatoms. The second-order valence-corrected chi connectivity index (χ2v) is 13.9. The first kappa shape index (κ1) is 31.8. The Morgan fingerprint density at radius 3 is 1.43 bits per heavy atom. The fourth-order valence-electron chi connectivity index (χ4n) is 8.05. The maximum Gasteiger partial charge on any atom is 0.238 e. The Kier molecular flexibility index (Phi) is 7.38. The van der Waals surface area contributed by atoms with Gasteiger partial charge in [0.25, 0.3) is 0 Å². The smallest absolute Gasteiger partial charge is 0.238 e. The molecule has 0 N–H and O–H groups in total. The van der Waals surface area contributed by atoms with Crippen molar-refractivity contribution in [3.05, 3.63) is 194 Å². The molecular formula is C50H32N6. The fourth-order valence-corrected chi connectivity index (χ4v) is 8.05. The van der Waals surface area contributed by atoms with Crippen LogP contribution in [0.15, 0.2) is 194 Å². The van der Waals surface area contributed by atoms with Gasteiger partial charge in [0.2, 0.25) is 5.95 Å². The van der Waals surface area contributed by atoms with Crippen molar-refractivity contribution in [2.24, 2.45) is 0 Å². The molecular weight excluding hydrogens is 685 g/mol. The Labute approximate surface area is 322 Å². The second-order valence-electron chi connectivity index (χ2n) is 13.9.